The maximum absolute atomic E-state index is 5.68. The van der Waals surface area contributed by atoms with Gasteiger partial charge in [-0.3, -0.25) is 0 Å². The highest BCUT2D eigenvalue weighted by Gasteiger charge is 2.25. The van der Waals surface area contributed by atoms with Crippen LogP contribution in [0.2, 0.25) is 0 Å². The van der Waals surface area contributed by atoms with Gasteiger partial charge in [-0.15, -0.1) is 0 Å². The van der Waals surface area contributed by atoms with Gasteiger partial charge >= 0.3 is 0 Å². The molecular formula is C9H19N. The van der Waals surface area contributed by atoms with Crippen LogP contribution in [-0.4, -0.2) is 6.54 Å². The van der Waals surface area contributed by atoms with Crippen LogP contribution in [-0.2, 0) is 0 Å². The van der Waals surface area contributed by atoms with E-state index in [1.165, 1.54) is 19.3 Å². The fourth-order valence-corrected chi connectivity index (χ4v) is 2.22. The maximum Gasteiger partial charge on any atom is -0.00438 e. The highest BCUT2D eigenvalue weighted by Crippen LogP contribution is 2.33. The Bertz CT molecular complexity index is 90.9. The Balaban J connectivity index is 2.45. The predicted molar refractivity (Wildman–Crippen MR) is 44.7 cm³/mol. The topological polar surface area (TPSA) is 26.0 Å². The lowest BCUT2D eigenvalue weighted by Crippen LogP contribution is -2.31. The van der Waals surface area contributed by atoms with Gasteiger partial charge in [0.1, 0.15) is 0 Å². The van der Waals surface area contributed by atoms with Gasteiger partial charge in [0.25, 0.3) is 0 Å². The van der Waals surface area contributed by atoms with E-state index in [0.717, 1.165) is 24.3 Å². The minimum atomic E-state index is 0.800. The number of hydrogen-bond acceptors (Lipinski definition) is 1. The van der Waals surface area contributed by atoms with E-state index in [1.807, 2.05) is 0 Å². The maximum atomic E-state index is 5.68. The first-order valence-corrected chi connectivity index (χ1v) is 4.45. The molecule has 2 atom stereocenters. The van der Waals surface area contributed by atoms with Gasteiger partial charge < -0.3 is 5.73 Å². The Morgan fingerprint density at radius 2 is 1.70 bits per heavy atom. The van der Waals surface area contributed by atoms with Gasteiger partial charge in [-0.1, -0.05) is 33.1 Å². The van der Waals surface area contributed by atoms with Crippen LogP contribution >= 0.6 is 0 Å². The van der Waals surface area contributed by atoms with Crippen LogP contribution in [0.15, 0.2) is 0 Å². The van der Waals surface area contributed by atoms with Crippen molar-refractivity contribution >= 4 is 0 Å². The molecule has 0 bridgehead atoms. The summed E-state index contributed by atoms with van der Waals surface area (Å²) in [6.07, 6.45) is 4.21. The summed E-state index contributed by atoms with van der Waals surface area (Å²) in [5, 5.41) is 0. The van der Waals surface area contributed by atoms with Crippen molar-refractivity contribution in [3.05, 3.63) is 0 Å². The Kier molecular flexibility index (Phi) is 2.72. The third-order valence-electron chi connectivity index (χ3n) is 3.05. The second-order valence-electron chi connectivity index (χ2n) is 3.79. The molecule has 1 nitrogen and oxygen atoms in total. The first-order chi connectivity index (χ1) is 4.75. The third kappa shape index (κ3) is 1.51. The molecule has 1 fully saturated rings. The Hall–Kier alpha value is -0.0400. The largest absolute Gasteiger partial charge is 0.330 e. The smallest absolute Gasteiger partial charge is 0.00438 e. The van der Waals surface area contributed by atoms with E-state index >= 15 is 0 Å². The molecule has 0 aromatic carbocycles. The molecule has 0 aliphatic heterocycles. The summed E-state index contributed by atoms with van der Waals surface area (Å²) in [6, 6.07) is 0. The van der Waals surface area contributed by atoms with E-state index in [0.29, 0.717) is 0 Å². The average molecular weight is 141 g/mol. The van der Waals surface area contributed by atoms with Crippen molar-refractivity contribution in [3.8, 4) is 0 Å². The quantitative estimate of drug-likeness (QED) is 0.594. The Morgan fingerprint density at radius 3 is 2.00 bits per heavy atom. The summed E-state index contributed by atoms with van der Waals surface area (Å²) in [5.74, 6) is 2.54. The molecule has 0 amide bonds. The number of nitrogens with two attached hydrogens (primary N) is 1. The van der Waals surface area contributed by atoms with Crippen LogP contribution < -0.4 is 5.73 Å². The van der Waals surface area contributed by atoms with Crippen molar-refractivity contribution in [2.75, 3.05) is 6.54 Å². The van der Waals surface area contributed by atoms with Gasteiger partial charge in [0.15, 0.2) is 0 Å². The van der Waals surface area contributed by atoms with Crippen molar-refractivity contribution in [3.63, 3.8) is 0 Å². The highest BCUT2D eigenvalue weighted by atomic mass is 14.6. The molecule has 2 N–H and O–H groups in total. The van der Waals surface area contributed by atoms with Gasteiger partial charge in [0, 0.05) is 0 Å². The lowest BCUT2D eigenvalue weighted by atomic mass is 9.74. The van der Waals surface area contributed by atoms with Crippen LogP contribution in [0.25, 0.3) is 0 Å². The van der Waals surface area contributed by atoms with Crippen LogP contribution in [0.3, 0.4) is 0 Å². The Labute approximate surface area is 64.0 Å². The van der Waals surface area contributed by atoms with Crippen molar-refractivity contribution in [1.82, 2.24) is 0 Å². The first kappa shape index (κ1) is 8.06. The van der Waals surface area contributed by atoms with Crippen LogP contribution in [0, 0.1) is 17.8 Å². The van der Waals surface area contributed by atoms with E-state index < -0.39 is 0 Å². The second-order valence-corrected chi connectivity index (χ2v) is 3.79. The van der Waals surface area contributed by atoms with E-state index in [2.05, 4.69) is 13.8 Å². The summed E-state index contributed by atoms with van der Waals surface area (Å²) in [5.41, 5.74) is 5.68. The summed E-state index contributed by atoms with van der Waals surface area (Å²) in [4.78, 5) is 0. The minimum absolute atomic E-state index is 0.800. The average Bonchev–Trinajstić information content (AvgIpc) is 1.88. The van der Waals surface area contributed by atoms with E-state index in [-0.39, 0.29) is 0 Å². The standard InChI is InChI=1S/C9H19N/c1-7-4-3-5-8(2)9(7)6-10/h7-9H,3-6,10H2,1-2H3/t7-,8-/m1/s1. The monoisotopic (exact) mass is 141 g/mol. The van der Waals surface area contributed by atoms with Gasteiger partial charge in [-0.05, 0) is 24.3 Å². The van der Waals surface area contributed by atoms with Crippen molar-refractivity contribution in [2.24, 2.45) is 23.5 Å². The molecule has 1 rings (SSSR count). The zero-order valence-corrected chi connectivity index (χ0v) is 7.14. The number of hydrogen-bond donors (Lipinski definition) is 1. The lowest BCUT2D eigenvalue weighted by Gasteiger charge is -2.33. The molecule has 1 aliphatic rings. The van der Waals surface area contributed by atoms with Gasteiger partial charge in [-0.2, -0.15) is 0 Å². The van der Waals surface area contributed by atoms with Crippen molar-refractivity contribution in [1.29, 1.82) is 0 Å². The zero-order valence-electron chi connectivity index (χ0n) is 7.14. The molecule has 0 aromatic heterocycles. The predicted octanol–water partition coefficient (Wildman–Crippen LogP) is 2.02. The summed E-state index contributed by atoms with van der Waals surface area (Å²) in [7, 11) is 0. The molecule has 10 heavy (non-hydrogen) atoms. The molecule has 1 heteroatoms. The van der Waals surface area contributed by atoms with Crippen LogP contribution in [0.5, 0.6) is 0 Å². The molecule has 60 valence electrons. The van der Waals surface area contributed by atoms with E-state index in [1.54, 1.807) is 0 Å². The molecule has 1 saturated carbocycles. The first-order valence-electron chi connectivity index (χ1n) is 4.45. The van der Waals surface area contributed by atoms with Gasteiger partial charge in [0.2, 0.25) is 0 Å². The highest BCUT2D eigenvalue weighted by molar-refractivity contribution is 4.77. The minimum Gasteiger partial charge on any atom is -0.330 e. The summed E-state index contributed by atoms with van der Waals surface area (Å²) < 4.78 is 0. The molecule has 0 saturated heterocycles. The lowest BCUT2D eigenvalue weighted by molar-refractivity contribution is 0.186. The molecule has 0 aromatic rings. The molecule has 0 unspecified atom stereocenters. The zero-order chi connectivity index (χ0) is 7.56. The summed E-state index contributed by atoms with van der Waals surface area (Å²) in [6.45, 7) is 5.57. The third-order valence-corrected chi connectivity index (χ3v) is 3.05. The van der Waals surface area contributed by atoms with E-state index in [4.69, 9.17) is 5.73 Å². The molecule has 1 aliphatic carbocycles. The molecule has 0 spiro atoms. The normalized spacial score (nSPS) is 36.3. The van der Waals surface area contributed by atoms with Crippen LogP contribution in [0.4, 0.5) is 0 Å². The SMILES string of the molecule is C[C@@H]1CCC[C@@H](C)C1CN. The second kappa shape index (κ2) is 3.38. The molecule has 0 heterocycles. The van der Waals surface area contributed by atoms with E-state index in [9.17, 15) is 0 Å². The van der Waals surface area contributed by atoms with Crippen LogP contribution in [0.1, 0.15) is 33.1 Å². The number of rotatable bonds is 1. The van der Waals surface area contributed by atoms with Gasteiger partial charge in [-0.25, -0.2) is 0 Å². The fourth-order valence-electron chi connectivity index (χ4n) is 2.22. The Morgan fingerprint density at radius 1 is 1.20 bits per heavy atom. The van der Waals surface area contributed by atoms with Gasteiger partial charge in [0.05, 0.1) is 0 Å². The summed E-state index contributed by atoms with van der Waals surface area (Å²) >= 11 is 0. The van der Waals surface area contributed by atoms with Crippen molar-refractivity contribution < 1.29 is 0 Å². The van der Waals surface area contributed by atoms with Crippen molar-refractivity contribution in [2.45, 2.75) is 33.1 Å². The molecular weight excluding hydrogens is 122 g/mol. The fraction of sp³-hybridized carbons (Fsp3) is 1.00. The molecule has 0 radical (unpaired) electrons.